The van der Waals surface area contributed by atoms with Crippen molar-refractivity contribution in [3.8, 4) is 0 Å². The number of thiophene rings is 1. The Hall–Kier alpha value is -1.45. The molecular weight excluding hydrogens is 352 g/mol. The molecule has 0 saturated carbocycles. The molecule has 24 heavy (non-hydrogen) atoms. The number of nitrogens with zero attached hydrogens (tertiary/aromatic N) is 2. The molecule has 0 atom stereocenters. The minimum Gasteiger partial charge on any atom is -0.480 e. The zero-order valence-corrected chi connectivity index (χ0v) is 15.2. The fraction of sp³-hybridized carbons (Fsp3) is 0.600. The molecule has 1 aromatic rings. The second-order valence-corrected chi connectivity index (χ2v) is 8.99. The largest absolute Gasteiger partial charge is 0.480 e. The number of hydrogen-bond acceptors (Lipinski definition) is 5. The molecule has 1 aliphatic heterocycles. The van der Waals surface area contributed by atoms with Crippen LogP contribution in [0.3, 0.4) is 0 Å². The molecule has 1 fully saturated rings. The van der Waals surface area contributed by atoms with Gasteiger partial charge in [0.1, 0.15) is 6.54 Å². The van der Waals surface area contributed by atoms with Crippen molar-refractivity contribution in [3.63, 3.8) is 0 Å². The lowest BCUT2D eigenvalue weighted by atomic mass is 10.0. The van der Waals surface area contributed by atoms with E-state index in [0.717, 1.165) is 4.88 Å². The molecule has 2 rings (SSSR count). The van der Waals surface area contributed by atoms with Crippen LogP contribution in [0.2, 0.25) is 0 Å². The van der Waals surface area contributed by atoms with Gasteiger partial charge in [-0.05, 0) is 31.2 Å². The van der Waals surface area contributed by atoms with Crippen LogP contribution in [0.1, 0.15) is 24.6 Å². The van der Waals surface area contributed by atoms with E-state index in [2.05, 4.69) is 0 Å². The quantitative estimate of drug-likeness (QED) is 0.769. The van der Waals surface area contributed by atoms with Crippen molar-refractivity contribution in [2.24, 2.45) is 0 Å². The van der Waals surface area contributed by atoms with Gasteiger partial charge in [-0.15, -0.1) is 11.3 Å². The van der Waals surface area contributed by atoms with E-state index in [1.165, 1.54) is 20.5 Å². The Morgan fingerprint density at radius 3 is 2.54 bits per heavy atom. The van der Waals surface area contributed by atoms with Crippen molar-refractivity contribution in [1.29, 1.82) is 0 Å². The first kappa shape index (κ1) is 18.9. The molecule has 1 aromatic heterocycles. The summed E-state index contributed by atoms with van der Waals surface area (Å²) in [7, 11) is -3.24. The molecule has 1 aliphatic rings. The first-order valence-corrected chi connectivity index (χ1v) is 10.3. The Bertz CT molecular complexity index is 664. The third-order valence-electron chi connectivity index (χ3n) is 4.15. The molecule has 0 aromatic carbocycles. The molecule has 7 nitrogen and oxygen atoms in total. The van der Waals surface area contributed by atoms with E-state index in [1.807, 2.05) is 17.5 Å². The molecule has 9 heteroatoms. The van der Waals surface area contributed by atoms with Gasteiger partial charge >= 0.3 is 5.97 Å². The van der Waals surface area contributed by atoms with Crippen LogP contribution in [0.5, 0.6) is 0 Å². The maximum Gasteiger partial charge on any atom is 0.323 e. The molecular formula is C15H22N2O5S2. The van der Waals surface area contributed by atoms with E-state index < -0.39 is 16.0 Å². The number of amides is 1. The highest BCUT2D eigenvalue weighted by Crippen LogP contribution is 2.21. The van der Waals surface area contributed by atoms with E-state index in [4.69, 9.17) is 5.11 Å². The predicted octanol–water partition coefficient (Wildman–Crippen LogP) is 1.02. The van der Waals surface area contributed by atoms with Crippen LogP contribution < -0.4 is 0 Å². The molecule has 2 heterocycles. The lowest BCUT2D eigenvalue weighted by Gasteiger charge is -2.37. The van der Waals surface area contributed by atoms with E-state index in [1.54, 1.807) is 6.92 Å². The summed E-state index contributed by atoms with van der Waals surface area (Å²) >= 11 is 1.46. The standard InChI is InChI=1S/C15H22N2O5S2/c1-2-24(21,22)16-7-5-12(6-8-16)17(11-15(19)20)14(18)10-13-4-3-9-23-13/h3-4,9,12H,2,5-8,10-11H2,1H3,(H,19,20). The van der Waals surface area contributed by atoms with Crippen LogP contribution >= 0.6 is 11.3 Å². The molecule has 0 radical (unpaired) electrons. The van der Waals surface area contributed by atoms with Gasteiger partial charge in [-0.25, -0.2) is 12.7 Å². The Kier molecular flexibility index (Phi) is 6.36. The summed E-state index contributed by atoms with van der Waals surface area (Å²) in [6.07, 6.45) is 1.10. The van der Waals surface area contributed by atoms with Gasteiger partial charge in [0.05, 0.1) is 12.2 Å². The third kappa shape index (κ3) is 4.78. The summed E-state index contributed by atoms with van der Waals surface area (Å²) in [6.45, 7) is 1.89. The Balaban J connectivity index is 2.03. The minimum atomic E-state index is -3.24. The SMILES string of the molecule is CCS(=O)(=O)N1CCC(N(CC(=O)O)C(=O)Cc2cccs2)CC1. The van der Waals surface area contributed by atoms with Crippen LogP contribution in [0.4, 0.5) is 0 Å². The average Bonchev–Trinajstić information content (AvgIpc) is 3.05. The number of aliphatic carboxylic acids is 1. The normalized spacial score (nSPS) is 16.9. The van der Waals surface area contributed by atoms with Crippen LogP contribution in [0.15, 0.2) is 17.5 Å². The van der Waals surface area contributed by atoms with Crippen LogP contribution in [0.25, 0.3) is 0 Å². The minimum absolute atomic E-state index is 0.0494. The van der Waals surface area contributed by atoms with Crippen LogP contribution in [-0.2, 0) is 26.0 Å². The molecule has 0 aliphatic carbocycles. The van der Waals surface area contributed by atoms with E-state index >= 15 is 0 Å². The highest BCUT2D eigenvalue weighted by Gasteiger charge is 2.32. The molecule has 1 amide bonds. The topological polar surface area (TPSA) is 95.0 Å². The summed E-state index contributed by atoms with van der Waals surface area (Å²) in [4.78, 5) is 25.9. The highest BCUT2D eigenvalue weighted by molar-refractivity contribution is 7.89. The molecule has 134 valence electrons. The second kappa shape index (κ2) is 8.09. The molecule has 0 spiro atoms. The van der Waals surface area contributed by atoms with E-state index in [0.29, 0.717) is 25.9 Å². The number of rotatable bonds is 7. The number of carboxylic acid groups (broad SMARTS) is 1. The van der Waals surface area contributed by atoms with Crippen LogP contribution in [0, 0.1) is 0 Å². The number of carbonyl (C=O) groups excluding carboxylic acids is 1. The lowest BCUT2D eigenvalue weighted by Crippen LogP contribution is -2.50. The van der Waals surface area contributed by atoms with Crippen molar-refractivity contribution in [2.45, 2.75) is 32.2 Å². The number of hydrogen-bond donors (Lipinski definition) is 1. The molecule has 1 saturated heterocycles. The van der Waals surface area contributed by atoms with E-state index in [9.17, 15) is 18.0 Å². The van der Waals surface area contributed by atoms with Gasteiger partial charge in [-0.1, -0.05) is 6.07 Å². The van der Waals surface area contributed by atoms with Crippen molar-refractivity contribution in [3.05, 3.63) is 22.4 Å². The fourth-order valence-corrected chi connectivity index (χ4v) is 4.67. The van der Waals surface area contributed by atoms with Gasteiger partial charge in [-0.3, -0.25) is 9.59 Å². The van der Waals surface area contributed by atoms with Crippen molar-refractivity contribution in [1.82, 2.24) is 9.21 Å². The zero-order valence-electron chi connectivity index (χ0n) is 13.6. The first-order valence-electron chi connectivity index (χ1n) is 7.85. The van der Waals surface area contributed by atoms with E-state index in [-0.39, 0.29) is 30.7 Å². The smallest absolute Gasteiger partial charge is 0.323 e. The highest BCUT2D eigenvalue weighted by atomic mass is 32.2. The number of sulfonamides is 1. The van der Waals surface area contributed by atoms with Crippen molar-refractivity contribution in [2.75, 3.05) is 25.4 Å². The predicted molar refractivity (Wildman–Crippen MR) is 91.4 cm³/mol. The maximum atomic E-state index is 12.5. The summed E-state index contributed by atoms with van der Waals surface area (Å²) in [6, 6.07) is 3.46. The number of carbonyl (C=O) groups is 2. The fourth-order valence-electron chi connectivity index (χ4n) is 2.84. The third-order valence-corrected chi connectivity index (χ3v) is 6.91. The van der Waals surface area contributed by atoms with Gasteiger partial charge in [0, 0.05) is 24.0 Å². The summed E-state index contributed by atoms with van der Waals surface area (Å²) in [5.74, 6) is -1.23. The summed E-state index contributed by atoms with van der Waals surface area (Å²) < 4.78 is 25.2. The maximum absolute atomic E-state index is 12.5. The Morgan fingerprint density at radius 1 is 1.38 bits per heavy atom. The van der Waals surface area contributed by atoms with Crippen molar-refractivity contribution < 1.29 is 23.1 Å². The molecule has 1 N–H and O–H groups in total. The average molecular weight is 374 g/mol. The second-order valence-electron chi connectivity index (χ2n) is 5.70. The van der Waals surface area contributed by atoms with Gasteiger partial charge in [0.2, 0.25) is 15.9 Å². The molecule has 0 bridgehead atoms. The van der Waals surface area contributed by atoms with Crippen LogP contribution in [-0.4, -0.2) is 66.0 Å². The number of carboxylic acids is 1. The Morgan fingerprint density at radius 2 is 2.04 bits per heavy atom. The van der Waals surface area contributed by atoms with Crippen molar-refractivity contribution >= 4 is 33.2 Å². The Labute approximate surface area is 145 Å². The van der Waals surface area contributed by atoms with Gasteiger partial charge in [0.15, 0.2) is 0 Å². The summed E-state index contributed by atoms with van der Waals surface area (Å²) in [5, 5.41) is 11.0. The van der Waals surface area contributed by atoms with Gasteiger partial charge in [-0.2, -0.15) is 0 Å². The molecule has 0 unspecified atom stereocenters. The van der Waals surface area contributed by atoms with Gasteiger partial charge in [0.25, 0.3) is 0 Å². The summed E-state index contributed by atoms with van der Waals surface area (Å²) in [5.41, 5.74) is 0. The monoisotopic (exact) mass is 374 g/mol. The zero-order chi connectivity index (χ0) is 17.7. The number of piperidine rings is 1. The first-order chi connectivity index (χ1) is 11.3. The van der Waals surface area contributed by atoms with Gasteiger partial charge < -0.3 is 10.0 Å². The lowest BCUT2D eigenvalue weighted by molar-refractivity contribution is -0.146.